The maximum absolute atomic E-state index is 14.6. The highest BCUT2D eigenvalue weighted by Crippen LogP contribution is 2.34. The number of alkyl halides is 1. The average Bonchev–Trinajstić information content (AvgIpc) is 2.99. The summed E-state index contributed by atoms with van der Waals surface area (Å²) in [5, 5.41) is 17.1. The summed E-state index contributed by atoms with van der Waals surface area (Å²) in [5.41, 5.74) is -0.0521. The number of hydrogen-bond acceptors (Lipinski definition) is 7. The van der Waals surface area contributed by atoms with E-state index in [-0.39, 0.29) is 12.0 Å². The van der Waals surface area contributed by atoms with Crippen LogP contribution < -0.4 is 5.32 Å². The molecule has 0 aromatic carbocycles. The third-order valence-corrected chi connectivity index (χ3v) is 5.05. The van der Waals surface area contributed by atoms with Gasteiger partial charge in [-0.1, -0.05) is 6.92 Å². The van der Waals surface area contributed by atoms with Crippen LogP contribution in [0.15, 0.2) is 12.3 Å². The number of esters is 1. The Hall–Kier alpha value is -2.73. The van der Waals surface area contributed by atoms with Crippen LogP contribution in [0.5, 0.6) is 0 Å². The molecule has 2 aromatic heterocycles. The lowest BCUT2D eigenvalue weighted by atomic mass is 9.90. The molecule has 8 nitrogen and oxygen atoms in total. The van der Waals surface area contributed by atoms with Crippen molar-refractivity contribution in [1.29, 1.82) is 5.26 Å². The summed E-state index contributed by atoms with van der Waals surface area (Å²) in [5.74, 6) is -0.630. The highest BCUT2D eigenvalue weighted by Gasteiger charge is 2.32. The fourth-order valence-corrected chi connectivity index (χ4v) is 3.26. The SMILES string of the molecule is CC(=O)OC1COCCC1Nc1ncc2cc(C#N)c(C(C)C(C)(C)F)n2n1. The van der Waals surface area contributed by atoms with E-state index in [0.717, 1.165) is 0 Å². The van der Waals surface area contributed by atoms with E-state index < -0.39 is 17.7 Å². The van der Waals surface area contributed by atoms with Crippen molar-refractivity contribution in [3.8, 4) is 6.07 Å². The van der Waals surface area contributed by atoms with Gasteiger partial charge in [0.05, 0.1) is 35.6 Å². The zero-order valence-corrected chi connectivity index (χ0v) is 16.4. The van der Waals surface area contributed by atoms with Gasteiger partial charge in [-0.05, 0) is 26.3 Å². The second-order valence-electron chi connectivity index (χ2n) is 7.52. The first kappa shape index (κ1) is 20.0. The van der Waals surface area contributed by atoms with Gasteiger partial charge in [0.2, 0.25) is 5.95 Å². The Morgan fingerprint density at radius 1 is 1.57 bits per heavy atom. The van der Waals surface area contributed by atoms with Crippen LogP contribution in [-0.2, 0) is 14.3 Å². The van der Waals surface area contributed by atoms with Gasteiger partial charge in [-0.15, -0.1) is 5.10 Å². The molecule has 2 aromatic rings. The van der Waals surface area contributed by atoms with Gasteiger partial charge in [0.25, 0.3) is 0 Å². The molecule has 28 heavy (non-hydrogen) atoms. The molecule has 3 unspecified atom stereocenters. The number of rotatable bonds is 5. The molecule has 0 amide bonds. The number of fused-ring (bicyclic) bond motifs is 1. The molecule has 3 atom stereocenters. The number of anilines is 1. The molecule has 1 aliphatic rings. The first-order valence-corrected chi connectivity index (χ1v) is 9.20. The molecular formula is C19H24FN5O3. The number of aromatic nitrogens is 3. The van der Waals surface area contributed by atoms with Crippen molar-refractivity contribution in [2.45, 2.75) is 57.8 Å². The minimum absolute atomic E-state index is 0.209. The number of carbonyl (C=O) groups is 1. The highest BCUT2D eigenvalue weighted by atomic mass is 19.1. The van der Waals surface area contributed by atoms with Crippen molar-refractivity contribution in [1.82, 2.24) is 14.6 Å². The summed E-state index contributed by atoms with van der Waals surface area (Å²) in [6.45, 7) is 6.85. The molecule has 0 bridgehead atoms. The highest BCUT2D eigenvalue weighted by molar-refractivity contribution is 5.66. The molecule has 0 spiro atoms. The number of carbonyl (C=O) groups excluding carboxylic acids is 1. The van der Waals surface area contributed by atoms with E-state index in [4.69, 9.17) is 9.47 Å². The smallest absolute Gasteiger partial charge is 0.303 e. The van der Waals surface area contributed by atoms with Crippen LogP contribution in [-0.4, -0.2) is 51.6 Å². The van der Waals surface area contributed by atoms with Crippen LogP contribution in [0.1, 0.15) is 51.3 Å². The van der Waals surface area contributed by atoms with Crippen molar-refractivity contribution in [2.75, 3.05) is 18.5 Å². The van der Waals surface area contributed by atoms with Crippen LogP contribution in [0.25, 0.3) is 5.52 Å². The van der Waals surface area contributed by atoms with E-state index in [1.807, 2.05) is 0 Å². The zero-order valence-electron chi connectivity index (χ0n) is 16.4. The number of nitriles is 1. The van der Waals surface area contributed by atoms with Crippen LogP contribution in [0, 0.1) is 11.3 Å². The Bertz CT molecular complexity index is 915. The van der Waals surface area contributed by atoms with Gasteiger partial charge in [0.1, 0.15) is 17.8 Å². The maximum Gasteiger partial charge on any atom is 0.303 e. The van der Waals surface area contributed by atoms with Gasteiger partial charge >= 0.3 is 5.97 Å². The standard InChI is InChI=1S/C19H24FN5O3/c1-11(19(3,4)20)17-13(8-21)7-14-9-22-18(24-25(14)17)23-15-5-6-27-10-16(15)28-12(2)26/h7,9,11,15-16H,5-6,10H2,1-4H3,(H,23,24). The second kappa shape index (κ2) is 7.72. The number of nitrogens with zero attached hydrogens (tertiary/aromatic N) is 4. The fourth-order valence-electron chi connectivity index (χ4n) is 3.26. The van der Waals surface area contributed by atoms with E-state index in [9.17, 15) is 14.4 Å². The number of hydrogen-bond donors (Lipinski definition) is 1. The third-order valence-electron chi connectivity index (χ3n) is 5.05. The number of ether oxygens (including phenoxy) is 2. The Labute approximate surface area is 162 Å². The van der Waals surface area contributed by atoms with Crippen LogP contribution >= 0.6 is 0 Å². The molecule has 1 saturated heterocycles. The van der Waals surface area contributed by atoms with Crippen molar-refractivity contribution in [2.24, 2.45) is 0 Å². The first-order valence-electron chi connectivity index (χ1n) is 9.20. The van der Waals surface area contributed by atoms with Crippen LogP contribution in [0.4, 0.5) is 10.3 Å². The predicted octanol–water partition coefficient (Wildman–Crippen LogP) is 2.59. The topological polar surface area (TPSA) is 102 Å². The summed E-state index contributed by atoms with van der Waals surface area (Å²) in [4.78, 5) is 15.6. The third kappa shape index (κ3) is 4.07. The first-order chi connectivity index (χ1) is 13.2. The summed E-state index contributed by atoms with van der Waals surface area (Å²) in [6.07, 6.45) is 1.75. The van der Waals surface area contributed by atoms with E-state index in [2.05, 4.69) is 21.5 Å². The Kier molecular flexibility index (Phi) is 5.52. The predicted molar refractivity (Wildman–Crippen MR) is 99.7 cm³/mol. The molecule has 0 saturated carbocycles. The van der Waals surface area contributed by atoms with E-state index in [1.165, 1.54) is 20.8 Å². The molecule has 1 N–H and O–H groups in total. The normalized spacial score (nSPS) is 21.1. The van der Waals surface area contributed by atoms with Crippen molar-refractivity contribution < 1.29 is 18.7 Å². The van der Waals surface area contributed by atoms with Gasteiger partial charge in [0.15, 0.2) is 0 Å². The summed E-state index contributed by atoms with van der Waals surface area (Å²) >= 11 is 0. The minimum atomic E-state index is -1.53. The number of nitrogens with one attached hydrogen (secondary N) is 1. The fraction of sp³-hybridized carbons (Fsp3) is 0.579. The largest absolute Gasteiger partial charge is 0.458 e. The Morgan fingerprint density at radius 3 is 2.96 bits per heavy atom. The maximum atomic E-state index is 14.6. The van der Waals surface area contributed by atoms with Gasteiger partial charge in [-0.2, -0.15) is 5.26 Å². The molecule has 1 aliphatic heterocycles. The quantitative estimate of drug-likeness (QED) is 0.784. The molecule has 3 heterocycles. The van der Waals surface area contributed by atoms with Crippen molar-refractivity contribution >= 4 is 17.4 Å². The molecule has 0 radical (unpaired) electrons. The zero-order chi connectivity index (χ0) is 20.5. The molecule has 1 fully saturated rings. The van der Waals surface area contributed by atoms with Crippen LogP contribution in [0.2, 0.25) is 0 Å². The molecule has 9 heteroatoms. The van der Waals surface area contributed by atoms with E-state index in [1.54, 1.807) is 23.7 Å². The lowest BCUT2D eigenvalue weighted by Gasteiger charge is -2.31. The second-order valence-corrected chi connectivity index (χ2v) is 7.52. The lowest BCUT2D eigenvalue weighted by Crippen LogP contribution is -2.44. The van der Waals surface area contributed by atoms with E-state index in [0.29, 0.717) is 42.4 Å². The van der Waals surface area contributed by atoms with Gasteiger partial charge in [-0.3, -0.25) is 4.79 Å². The number of halogens is 1. The summed E-state index contributed by atoms with van der Waals surface area (Å²) in [7, 11) is 0. The van der Waals surface area contributed by atoms with Crippen LogP contribution in [0.3, 0.4) is 0 Å². The Morgan fingerprint density at radius 2 is 2.32 bits per heavy atom. The minimum Gasteiger partial charge on any atom is -0.458 e. The van der Waals surface area contributed by atoms with Gasteiger partial charge < -0.3 is 14.8 Å². The summed E-state index contributed by atoms with van der Waals surface area (Å²) < 4.78 is 26.8. The molecular weight excluding hydrogens is 365 g/mol. The van der Waals surface area contributed by atoms with Crippen molar-refractivity contribution in [3.05, 3.63) is 23.5 Å². The van der Waals surface area contributed by atoms with Gasteiger partial charge in [0, 0.05) is 19.4 Å². The monoisotopic (exact) mass is 389 g/mol. The van der Waals surface area contributed by atoms with Crippen molar-refractivity contribution in [3.63, 3.8) is 0 Å². The molecule has 150 valence electrons. The van der Waals surface area contributed by atoms with Gasteiger partial charge in [-0.25, -0.2) is 13.9 Å². The van der Waals surface area contributed by atoms with E-state index >= 15 is 0 Å². The molecule has 3 rings (SSSR count). The lowest BCUT2D eigenvalue weighted by molar-refractivity contribution is -0.153. The average molecular weight is 389 g/mol. The molecule has 0 aliphatic carbocycles. The summed E-state index contributed by atoms with van der Waals surface area (Å²) in [6, 6.07) is 3.56. The Balaban J connectivity index is 1.95.